The van der Waals surface area contributed by atoms with E-state index < -0.39 is 28.5 Å². The summed E-state index contributed by atoms with van der Waals surface area (Å²) in [5.74, 6) is -1.73. The summed E-state index contributed by atoms with van der Waals surface area (Å²) in [6.45, 7) is 5.80. The molecule has 1 unspecified atom stereocenters. The van der Waals surface area contributed by atoms with Crippen molar-refractivity contribution >= 4 is 127 Å². The molecule has 0 saturated carbocycles. The number of esters is 2. The normalized spacial score (nSPS) is 10.2. The number of hydrogen-bond donors (Lipinski definition) is 4. The van der Waals surface area contributed by atoms with Gasteiger partial charge >= 0.3 is 36.8 Å². The SMILES string of the molecule is CCO.CCOC(=O)C(Br)C(=O)c1cc(Cl)ccc1Cl.CCOC(=O)c1c(-c2cc(Cl)ccc2Cl)nc2ncccn12.CO.Nc1ncccn1.O=C(O)c1c(-c2cc(Cl)ccc2Cl)nc2ncccn12.[Li+].[OH-]. The fourth-order valence-electron chi connectivity index (χ4n) is 5.56. The van der Waals surface area contributed by atoms with Crippen molar-refractivity contribution in [3.8, 4) is 22.5 Å². The first-order chi connectivity index (χ1) is 34.0. The van der Waals surface area contributed by atoms with Crippen LogP contribution in [0.4, 0.5) is 5.95 Å². The van der Waals surface area contributed by atoms with Gasteiger partial charge in [0.1, 0.15) is 11.4 Å². The number of hydrogen-bond acceptors (Lipinski definition) is 16. The minimum absolute atomic E-state index is 0. The number of carbonyl (C=O) groups excluding carboxylic acids is 3. The Bertz CT molecular complexity index is 3070. The van der Waals surface area contributed by atoms with Crippen LogP contribution in [0, 0.1) is 0 Å². The summed E-state index contributed by atoms with van der Waals surface area (Å²) in [5, 5.41) is 26.4. The number of rotatable bonds is 9. The zero-order valence-corrected chi connectivity index (χ0v) is 45.3. The molecule has 73 heavy (non-hydrogen) atoms. The fourth-order valence-corrected chi connectivity index (χ4v) is 7.08. The number of carbonyl (C=O) groups is 4. The minimum atomic E-state index is -1.11. The fraction of sp³-hybridized carbons (Fsp3) is 0.174. The second-order valence-electron chi connectivity index (χ2n) is 13.0. The summed E-state index contributed by atoms with van der Waals surface area (Å²) in [4.78, 5) is 70.2. The Morgan fingerprint density at radius 1 is 0.658 bits per heavy atom. The summed E-state index contributed by atoms with van der Waals surface area (Å²) < 4.78 is 12.8. The van der Waals surface area contributed by atoms with Crippen LogP contribution in [0.1, 0.15) is 52.1 Å². The number of Topliss-reactive ketones (excluding diaryl/α,β-unsaturated/α-hetero) is 1. The Morgan fingerprint density at radius 2 is 1.07 bits per heavy atom. The van der Waals surface area contributed by atoms with Crippen molar-refractivity contribution in [2.24, 2.45) is 0 Å². The van der Waals surface area contributed by atoms with E-state index in [1.807, 2.05) is 0 Å². The van der Waals surface area contributed by atoms with Crippen molar-refractivity contribution in [1.29, 1.82) is 0 Å². The molecule has 5 heterocycles. The average molecular weight is 1180 g/mol. The van der Waals surface area contributed by atoms with Crippen LogP contribution in [-0.4, -0.2) is 115 Å². The van der Waals surface area contributed by atoms with Gasteiger partial charge in [-0.05, 0) is 93.6 Å². The first-order valence-corrected chi connectivity index (χ1v) is 23.5. The topological polar surface area (TPSA) is 290 Å². The Morgan fingerprint density at radius 3 is 1.49 bits per heavy atom. The standard InChI is InChI=1S/C15H11Cl2N3O2.C13H7Cl2N3O2.C11H9BrCl2O3.C4H5N3.C2H6O.CH4O.Li.H2O/c1-2-22-14(21)13-12(10-8-9(16)4-5-11(10)17)19-15-18-6-3-7-20(13)15;14-7-2-3-9(15)8(6-7)10-11(12(19)20)18-5-1-4-16-13(18)17-10;1-2-17-11(16)9(12)10(15)7-5-6(13)3-4-8(7)14;5-4-6-2-1-3-7-4;1-2-3;1-2;;/h3-8H,2H2,1H3;1-6H,(H,19,20);3-5,9H,2H2,1H3;1-3H,(H2,5,6,7);3H,2H2,1H3;2H,1H3;;1H2/q;;;;;;+1;/p-1. The van der Waals surface area contributed by atoms with Gasteiger partial charge in [-0.1, -0.05) is 85.5 Å². The number of nitrogen functional groups attached to an aromatic ring is 1. The summed E-state index contributed by atoms with van der Waals surface area (Å²) >= 11 is 38.9. The summed E-state index contributed by atoms with van der Waals surface area (Å²) in [5.41, 5.74) is 7.25. The third kappa shape index (κ3) is 18.8. The van der Waals surface area contributed by atoms with Crippen LogP contribution < -0.4 is 24.6 Å². The zero-order chi connectivity index (χ0) is 52.8. The quantitative estimate of drug-likeness (QED) is 0.0363. The Labute approximate surface area is 468 Å². The molecule has 0 spiro atoms. The smallest absolute Gasteiger partial charge is 0.870 e. The van der Waals surface area contributed by atoms with Gasteiger partial charge in [0, 0.05) is 82.7 Å². The van der Waals surface area contributed by atoms with Gasteiger partial charge in [0.2, 0.25) is 17.5 Å². The van der Waals surface area contributed by atoms with Gasteiger partial charge in [0.25, 0.3) is 0 Å². The second kappa shape index (κ2) is 33.4. The molecule has 19 nitrogen and oxygen atoms in total. The molecule has 0 fully saturated rings. The van der Waals surface area contributed by atoms with Gasteiger partial charge in [-0.2, -0.15) is 0 Å². The van der Waals surface area contributed by atoms with Crippen molar-refractivity contribution in [3.05, 3.63) is 157 Å². The molecular weight excluding hydrogens is 1140 g/mol. The number of alkyl halides is 1. The monoisotopic (exact) mass is 1180 g/mol. The van der Waals surface area contributed by atoms with Crippen LogP contribution in [0.25, 0.3) is 34.1 Å². The largest absolute Gasteiger partial charge is 1.00 e. The van der Waals surface area contributed by atoms with Gasteiger partial charge in [0.05, 0.1) is 28.3 Å². The van der Waals surface area contributed by atoms with E-state index in [-0.39, 0.29) is 77.6 Å². The number of aliphatic hydroxyl groups is 2. The van der Waals surface area contributed by atoms with Gasteiger partial charge in [-0.25, -0.2) is 39.5 Å². The van der Waals surface area contributed by atoms with Crippen LogP contribution in [-0.2, 0) is 14.3 Å². The number of nitrogens with zero attached hydrogens (tertiary/aromatic N) is 8. The predicted octanol–water partition coefficient (Wildman–Crippen LogP) is 7.28. The molecule has 8 aromatic rings. The van der Waals surface area contributed by atoms with E-state index in [4.69, 9.17) is 95.0 Å². The molecule has 0 bridgehead atoms. The minimum Gasteiger partial charge on any atom is -0.870 e. The molecule has 0 saturated heterocycles. The average Bonchev–Trinajstić information content (AvgIpc) is 3.95. The number of carboxylic acids is 1. The van der Waals surface area contributed by atoms with Gasteiger partial charge < -0.3 is 36.0 Å². The number of fused-ring (bicyclic) bond motifs is 2. The molecule has 3 aromatic carbocycles. The molecule has 0 aliphatic carbocycles. The summed E-state index contributed by atoms with van der Waals surface area (Å²) in [7, 11) is 1.00. The van der Waals surface area contributed by atoms with E-state index in [1.54, 1.807) is 117 Å². The van der Waals surface area contributed by atoms with Crippen LogP contribution >= 0.6 is 85.5 Å². The van der Waals surface area contributed by atoms with E-state index in [0.717, 1.165) is 7.11 Å². The number of aliphatic hydroxyl groups excluding tert-OH is 2. The second-order valence-corrected chi connectivity index (χ2v) is 16.4. The number of imidazole rings is 2. The van der Waals surface area contributed by atoms with Crippen molar-refractivity contribution in [2.75, 3.05) is 32.7 Å². The Hall–Kier alpha value is -5.44. The number of anilines is 1. The first kappa shape index (κ1) is 65.6. The number of aromatic carboxylic acids is 1. The number of aromatic nitrogens is 8. The maximum Gasteiger partial charge on any atom is 1.00 e. The third-order valence-electron chi connectivity index (χ3n) is 8.35. The van der Waals surface area contributed by atoms with Crippen molar-refractivity contribution in [1.82, 2.24) is 38.7 Å². The molecular formula is C46H43BrCl6LiN9O10. The van der Waals surface area contributed by atoms with E-state index in [2.05, 4.69) is 45.8 Å². The maximum atomic E-state index is 12.3. The van der Waals surface area contributed by atoms with Crippen LogP contribution in [0.3, 0.4) is 0 Å². The predicted molar refractivity (Wildman–Crippen MR) is 279 cm³/mol. The van der Waals surface area contributed by atoms with Crippen LogP contribution in [0.5, 0.6) is 0 Å². The molecule has 0 amide bonds. The van der Waals surface area contributed by atoms with E-state index in [1.165, 1.54) is 22.7 Å². The third-order valence-corrected chi connectivity index (χ3v) is 10.8. The summed E-state index contributed by atoms with van der Waals surface area (Å²) in [6, 6.07) is 19.3. The molecule has 0 aliphatic heterocycles. The number of carboxylic acid groups (broad SMARTS) is 1. The molecule has 8 rings (SSSR count). The number of nitrogens with two attached hydrogens (primary N) is 1. The van der Waals surface area contributed by atoms with E-state index in [9.17, 15) is 24.3 Å². The van der Waals surface area contributed by atoms with Crippen molar-refractivity contribution in [2.45, 2.75) is 25.6 Å². The van der Waals surface area contributed by atoms with Gasteiger partial charge in [-0.15, -0.1) is 0 Å². The zero-order valence-electron chi connectivity index (χ0n) is 39.1. The molecule has 0 aliphatic rings. The Kier molecular flexibility index (Phi) is 30.0. The van der Waals surface area contributed by atoms with Gasteiger partial charge in [-0.3, -0.25) is 18.4 Å². The Balaban J connectivity index is 0.000000488. The molecule has 0 radical (unpaired) electrons. The summed E-state index contributed by atoms with van der Waals surface area (Å²) in [6.07, 6.45) is 9.62. The van der Waals surface area contributed by atoms with Crippen LogP contribution in [0.15, 0.2) is 110 Å². The number of benzene rings is 3. The molecule has 6 N–H and O–H groups in total. The van der Waals surface area contributed by atoms with Gasteiger partial charge in [0.15, 0.2) is 22.0 Å². The number of ether oxygens (including phenoxy) is 2. The molecule has 27 heteroatoms. The number of ketones is 1. The van der Waals surface area contributed by atoms with Crippen molar-refractivity contribution in [3.63, 3.8) is 0 Å². The molecule has 5 aromatic heterocycles. The first-order valence-electron chi connectivity index (χ1n) is 20.3. The van der Waals surface area contributed by atoms with E-state index >= 15 is 0 Å². The molecule has 1 atom stereocenters. The molecule has 382 valence electrons. The van der Waals surface area contributed by atoms with Crippen LogP contribution in [0.2, 0.25) is 30.1 Å². The van der Waals surface area contributed by atoms with E-state index in [0.29, 0.717) is 53.7 Å². The maximum absolute atomic E-state index is 12.3. The van der Waals surface area contributed by atoms with Crippen molar-refractivity contribution < 1.29 is 68.3 Å². The number of halogens is 7.